The maximum atomic E-state index is 13.2. The van der Waals surface area contributed by atoms with E-state index in [0.717, 1.165) is 16.9 Å². The summed E-state index contributed by atoms with van der Waals surface area (Å²) < 4.78 is 40.6. The van der Waals surface area contributed by atoms with Crippen LogP contribution in [-0.2, 0) is 23.8 Å². The number of hydrogen-bond acceptors (Lipinski definition) is 5. The molecule has 0 atom stereocenters. The van der Waals surface area contributed by atoms with Crippen LogP contribution in [-0.4, -0.2) is 30.8 Å². The minimum atomic E-state index is -4.49. The van der Waals surface area contributed by atoms with E-state index in [1.807, 2.05) is 0 Å². The normalized spacial score (nSPS) is 12.9. The number of pyridine rings is 1. The van der Waals surface area contributed by atoms with Crippen LogP contribution in [0, 0.1) is 0 Å². The van der Waals surface area contributed by atoms with Gasteiger partial charge in [0.2, 0.25) is 5.43 Å². The lowest BCUT2D eigenvalue weighted by atomic mass is 10.00. The predicted molar refractivity (Wildman–Crippen MR) is 96.2 cm³/mol. The Morgan fingerprint density at radius 2 is 1.76 bits per heavy atom. The molecule has 0 amide bonds. The van der Waals surface area contributed by atoms with Gasteiger partial charge in [0.1, 0.15) is 12.1 Å². The molecule has 29 heavy (non-hydrogen) atoms. The van der Waals surface area contributed by atoms with E-state index in [4.69, 9.17) is 5.11 Å². The molecule has 152 valence electrons. The Morgan fingerprint density at radius 1 is 1.07 bits per heavy atom. The summed E-state index contributed by atoms with van der Waals surface area (Å²) in [7, 11) is 0. The highest BCUT2D eigenvalue weighted by Crippen LogP contribution is 2.32. The van der Waals surface area contributed by atoms with Crippen LogP contribution in [0.3, 0.4) is 0 Å². The van der Waals surface area contributed by atoms with Gasteiger partial charge in [-0.2, -0.15) is 18.3 Å². The van der Waals surface area contributed by atoms with Crippen LogP contribution in [0.4, 0.5) is 13.2 Å². The fraction of sp³-hybridized carbons (Fsp3) is 0.263. The van der Waals surface area contributed by atoms with E-state index in [0.29, 0.717) is 5.56 Å². The average Bonchev–Trinajstić information content (AvgIpc) is 3.13. The zero-order valence-corrected chi connectivity index (χ0v) is 15.0. The van der Waals surface area contributed by atoms with Crippen molar-refractivity contribution in [3.05, 3.63) is 68.9 Å². The van der Waals surface area contributed by atoms with E-state index in [-0.39, 0.29) is 42.2 Å². The first-order valence-corrected chi connectivity index (χ1v) is 8.63. The van der Waals surface area contributed by atoms with Crippen molar-refractivity contribution in [2.45, 2.75) is 31.9 Å². The number of benzene rings is 1. The molecule has 0 bridgehead atoms. The van der Waals surface area contributed by atoms with Crippen LogP contribution < -0.4 is 10.8 Å². The molecule has 7 nitrogen and oxygen atoms in total. The van der Waals surface area contributed by atoms with Gasteiger partial charge in [-0.25, -0.2) is 9.50 Å². The van der Waals surface area contributed by atoms with Gasteiger partial charge in [0.25, 0.3) is 0 Å². The number of aromatic nitrogens is 3. The lowest BCUT2D eigenvalue weighted by Crippen LogP contribution is -2.35. The van der Waals surface area contributed by atoms with Crippen molar-refractivity contribution < 1.29 is 28.2 Å². The Labute approximate surface area is 161 Å². The second kappa shape index (κ2) is 7.90. The Hall–Kier alpha value is -3.43. The number of carboxylic acid groups (broad SMARTS) is 1. The molecule has 2 N–H and O–H groups in total. The van der Waals surface area contributed by atoms with Crippen LogP contribution in [0.15, 0.2) is 41.5 Å². The predicted octanol–water partition coefficient (Wildman–Crippen LogP) is 2.14. The number of alkyl halides is 3. The number of carboxylic acids is 1. The van der Waals surface area contributed by atoms with Gasteiger partial charge in [0, 0.05) is 12.0 Å². The molecule has 0 aliphatic carbocycles. The Kier molecular flexibility index (Phi) is 5.53. The summed E-state index contributed by atoms with van der Waals surface area (Å²) in [6.45, 7) is 0. The number of nitrogens with zero attached hydrogens (tertiary/aromatic N) is 3. The summed E-state index contributed by atoms with van der Waals surface area (Å²) in [6, 6.07) is 6.38. The molecule has 3 aromatic rings. The third-order valence-electron chi connectivity index (χ3n) is 4.42. The van der Waals surface area contributed by atoms with Crippen LogP contribution >= 0.6 is 0 Å². The van der Waals surface area contributed by atoms with Gasteiger partial charge in [-0.3, -0.25) is 9.59 Å². The third-order valence-corrected chi connectivity index (χ3v) is 4.42. The Morgan fingerprint density at radius 3 is 2.45 bits per heavy atom. The molecule has 0 saturated carbocycles. The van der Waals surface area contributed by atoms with Crippen LogP contribution in [0.25, 0.3) is 11.4 Å². The van der Waals surface area contributed by atoms with Crippen molar-refractivity contribution in [3.8, 4) is 0 Å². The molecule has 0 aliphatic heterocycles. The summed E-state index contributed by atoms with van der Waals surface area (Å²) >= 11 is 0. The molecular weight excluding hydrogens is 391 g/mol. The summed E-state index contributed by atoms with van der Waals surface area (Å²) in [4.78, 5) is 27.2. The summed E-state index contributed by atoms with van der Waals surface area (Å²) in [5.41, 5.74) is -0.684. The Balaban J connectivity index is 1.99. The number of carbonyl (C=O) groups is 1. The number of hydrogen-bond donors (Lipinski definition) is 2. The zero-order chi connectivity index (χ0) is 21.2. The molecule has 2 heterocycles. The van der Waals surface area contributed by atoms with Crippen LogP contribution in [0.5, 0.6) is 0 Å². The first kappa shape index (κ1) is 20.3. The quantitative estimate of drug-likeness (QED) is 0.649. The highest BCUT2D eigenvalue weighted by molar-refractivity contribution is 5.68. The van der Waals surface area contributed by atoms with Gasteiger partial charge in [0.15, 0.2) is 11.0 Å². The summed E-state index contributed by atoms with van der Waals surface area (Å²) in [6.07, 6.45) is -3.86. The number of aryl methyl sites for hydroxylation is 2. The van der Waals surface area contributed by atoms with Crippen molar-refractivity contribution in [2.75, 3.05) is 0 Å². The Bertz CT molecular complexity index is 1170. The smallest absolute Gasteiger partial charge is 0.416 e. The van der Waals surface area contributed by atoms with Crippen LogP contribution in [0.2, 0.25) is 0 Å². The molecule has 2 aromatic heterocycles. The molecule has 3 rings (SSSR count). The van der Waals surface area contributed by atoms with E-state index < -0.39 is 28.9 Å². The van der Waals surface area contributed by atoms with E-state index in [9.17, 15) is 27.9 Å². The lowest BCUT2D eigenvalue weighted by molar-refractivity contribution is -0.138. The fourth-order valence-corrected chi connectivity index (χ4v) is 3.10. The monoisotopic (exact) mass is 407 g/mol. The van der Waals surface area contributed by atoms with Crippen molar-refractivity contribution in [3.63, 3.8) is 0 Å². The second-order valence-corrected chi connectivity index (χ2v) is 6.37. The second-order valence-electron chi connectivity index (χ2n) is 6.37. The van der Waals surface area contributed by atoms with Gasteiger partial charge >= 0.3 is 12.1 Å². The van der Waals surface area contributed by atoms with Crippen molar-refractivity contribution in [1.29, 1.82) is 0 Å². The number of aliphatic carboxylic acids is 1. The third kappa shape index (κ3) is 4.36. The minimum Gasteiger partial charge on any atom is -0.510 e. The topological polar surface area (TPSA) is 105 Å². The largest absolute Gasteiger partial charge is 0.510 e. The first-order chi connectivity index (χ1) is 13.7. The minimum absolute atomic E-state index is 0.0195. The molecule has 10 heteroatoms. The maximum absolute atomic E-state index is 13.2. The number of aliphatic hydroxyl groups is 1. The van der Waals surface area contributed by atoms with E-state index in [1.54, 1.807) is 0 Å². The molecule has 0 radical (unpaired) electrons. The maximum Gasteiger partial charge on any atom is 0.416 e. The molecule has 1 aromatic carbocycles. The van der Waals surface area contributed by atoms with Crippen LogP contribution in [0.1, 0.15) is 29.5 Å². The van der Waals surface area contributed by atoms with E-state index in [1.165, 1.54) is 24.3 Å². The van der Waals surface area contributed by atoms with Crippen molar-refractivity contribution >= 4 is 17.4 Å². The SMILES string of the molecule is O=C(O)CCC(O)=c1c(=O)cc(CCc2ccccc2C(F)(F)F)c2ncnn12. The number of halogens is 3. The van der Waals surface area contributed by atoms with Gasteiger partial charge < -0.3 is 10.2 Å². The number of aliphatic hydroxyl groups excluding tert-OH is 1. The van der Waals surface area contributed by atoms with Gasteiger partial charge in [-0.1, -0.05) is 18.2 Å². The first-order valence-electron chi connectivity index (χ1n) is 8.63. The lowest BCUT2D eigenvalue weighted by Gasteiger charge is -2.12. The van der Waals surface area contributed by atoms with Crippen molar-refractivity contribution in [1.82, 2.24) is 14.6 Å². The molecule has 0 fully saturated rings. The molecule has 0 aliphatic rings. The number of fused-ring (bicyclic) bond motifs is 1. The molecule has 0 unspecified atom stereocenters. The molecule has 0 saturated heterocycles. The van der Waals surface area contributed by atoms with Crippen molar-refractivity contribution in [2.24, 2.45) is 0 Å². The average molecular weight is 407 g/mol. The summed E-state index contributed by atoms with van der Waals surface area (Å²) in [5, 5.41) is 22.6. The standard InChI is InChI=1S/C19H16F3N3O4/c20-19(21,22)13-4-2-1-3-11(13)5-6-12-9-15(27)17(14(26)7-8-16(28)29)25-18(12)23-10-24-25/h1-4,9-10,26H,5-8H2,(H,28,29). The highest BCUT2D eigenvalue weighted by atomic mass is 19.4. The fourth-order valence-electron chi connectivity index (χ4n) is 3.10. The molecule has 0 spiro atoms. The molecular formula is C19H16F3N3O4. The van der Waals surface area contributed by atoms with Gasteiger partial charge in [-0.15, -0.1) is 0 Å². The van der Waals surface area contributed by atoms with E-state index >= 15 is 0 Å². The van der Waals surface area contributed by atoms with Gasteiger partial charge in [0.05, 0.1) is 12.0 Å². The number of rotatable bonds is 6. The summed E-state index contributed by atoms with van der Waals surface area (Å²) in [5.74, 6) is -1.58. The van der Waals surface area contributed by atoms with Gasteiger partial charge in [-0.05, 0) is 30.5 Å². The zero-order valence-electron chi connectivity index (χ0n) is 15.0. The van der Waals surface area contributed by atoms with E-state index in [2.05, 4.69) is 10.1 Å². The highest BCUT2D eigenvalue weighted by Gasteiger charge is 2.32.